The molecule has 0 radical (unpaired) electrons. The van der Waals surface area contributed by atoms with Crippen molar-refractivity contribution in [2.24, 2.45) is 0 Å². The molecule has 0 saturated carbocycles. The molecule has 1 aromatic carbocycles. The Labute approximate surface area is 157 Å². The molecule has 0 bridgehead atoms. The first-order chi connectivity index (χ1) is 12.1. The number of aromatic nitrogens is 2. The lowest BCUT2D eigenvalue weighted by atomic mass is 9.99. The summed E-state index contributed by atoms with van der Waals surface area (Å²) in [5.41, 5.74) is 10.6. The van der Waals surface area contributed by atoms with Gasteiger partial charge in [0.05, 0.1) is 16.6 Å². The molecule has 0 atom stereocenters. The van der Waals surface area contributed by atoms with Crippen molar-refractivity contribution >= 4 is 40.8 Å². The van der Waals surface area contributed by atoms with Crippen LogP contribution in [0, 0.1) is 0 Å². The van der Waals surface area contributed by atoms with Crippen molar-refractivity contribution in [1.29, 1.82) is 0 Å². The third kappa shape index (κ3) is 2.90. The molecule has 4 rings (SSSR count). The highest BCUT2D eigenvalue weighted by atomic mass is 35.5. The fourth-order valence-electron chi connectivity index (χ4n) is 3.40. The lowest BCUT2D eigenvalue weighted by molar-refractivity contribution is 0.0985. The molecule has 3 aromatic rings. The monoisotopic (exact) mass is 372 g/mol. The SMILES string of the molecule is CC(C)c1noc2ncc(C(=O)N3CCCc4c(N)cccc43)cc12.Cl. The number of amides is 1. The van der Waals surface area contributed by atoms with E-state index in [1.54, 1.807) is 11.1 Å². The van der Waals surface area contributed by atoms with Gasteiger partial charge in [-0.25, -0.2) is 4.98 Å². The number of anilines is 2. The first-order valence-corrected chi connectivity index (χ1v) is 8.51. The minimum Gasteiger partial charge on any atom is -0.398 e. The van der Waals surface area contributed by atoms with Crippen LogP contribution in [-0.4, -0.2) is 22.6 Å². The number of nitrogen functional groups attached to an aromatic ring is 1. The first kappa shape index (κ1) is 18.2. The van der Waals surface area contributed by atoms with Crippen LogP contribution >= 0.6 is 12.4 Å². The van der Waals surface area contributed by atoms with Gasteiger partial charge in [0.15, 0.2) is 0 Å². The Morgan fingerprint density at radius 2 is 2.15 bits per heavy atom. The van der Waals surface area contributed by atoms with Crippen molar-refractivity contribution in [3.8, 4) is 0 Å². The second kappa shape index (κ2) is 6.96. The number of hydrogen-bond donors (Lipinski definition) is 1. The maximum atomic E-state index is 13.1. The van der Waals surface area contributed by atoms with Crippen molar-refractivity contribution < 1.29 is 9.32 Å². The van der Waals surface area contributed by atoms with Gasteiger partial charge < -0.3 is 15.2 Å². The van der Waals surface area contributed by atoms with Gasteiger partial charge in [-0.15, -0.1) is 12.4 Å². The maximum Gasteiger partial charge on any atom is 0.259 e. The second-order valence-electron chi connectivity index (χ2n) is 6.70. The molecule has 3 heterocycles. The molecule has 7 heteroatoms. The van der Waals surface area contributed by atoms with Crippen molar-refractivity contribution in [1.82, 2.24) is 10.1 Å². The number of hydrogen-bond acceptors (Lipinski definition) is 5. The minimum absolute atomic E-state index is 0. The quantitative estimate of drug-likeness (QED) is 0.688. The van der Waals surface area contributed by atoms with Gasteiger partial charge in [-0.2, -0.15) is 0 Å². The number of halogens is 1. The minimum atomic E-state index is -0.0724. The number of benzene rings is 1. The molecule has 2 aromatic heterocycles. The zero-order chi connectivity index (χ0) is 17.6. The second-order valence-corrected chi connectivity index (χ2v) is 6.70. The summed E-state index contributed by atoms with van der Waals surface area (Å²) in [7, 11) is 0. The largest absolute Gasteiger partial charge is 0.398 e. The molecule has 0 spiro atoms. The van der Waals surface area contributed by atoms with Crippen LogP contribution in [0.3, 0.4) is 0 Å². The molecular formula is C19H21ClN4O2. The Kier molecular flexibility index (Phi) is 4.87. The van der Waals surface area contributed by atoms with Crippen LogP contribution < -0.4 is 10.6 Å². The van der Waals surface area contributed by atoms with Crippen molar-refractivity contribution in [3.63, 3.8) is 0 Å². The molecule has 0 fully saturated rings. The Hall–Kier alpha value is -2.60. The number of carbonyl (C=O) groups is 1. The highest BCUT2D eigenvalue weighted by Gasteiger charge is 2.26. The lowest BCUT2D eigenvalue weighted by Gasteiger charge is -2.30. The van der Waals surface area contributed by atoms with E-state index < -0.39 is 0 Å². The number of carbonyl (C=O) groups excluding carboxylic acids is 1. The fourth-order valence-corrected chi connectivity index (χ4v) is 3.40. The average molecular weight is 373 g/mol. The predicted molar refractivity (Wildman–Crippen MR) is 104 cm³/mol. The number of nitrogens with two attached hydrogens (primary N) is 1. The fraction of sp³-hybridized carbons (Fsp3) is 0.316. The molecule has 6 nitrogen and oxygen atoms in total. The van der Waals surface area contributed by atoms with Crippen LogP contribution in [0.2, 0.25) is 0 Å². The Morgan fingerprint density at radius 1 is 1.35 bits per heavy atom. The van der Waals surface area contributed by atoms with Crippen LogP contribution in [0.4, 0.5) is 11.4 Å². The summed E-state index contributed by atoms with van der Waals surface area (Å²) in [4.78, 5) is 19.2. The van der Waals surface area contributed by atoms with Crippen molar-refractivity contribution in [2.45, 2.75) is 32.6 Å². The smallest absolute Gasteiger partial charge is 0.259 e. The number of pyridine rings is 1. The third-order valence-electron chi connectivity index (χ3n) is 4.68. The van der Waals surface area contributed by atoms with Crippen LogP contribution in [0.25, 0.3) is 11.1 Å². The van der Waals surface area contributed by atoms with Gasteiger partial charge >= 0.3 is 0 Å². The highest BCUT2D eigenvalue weighted by Crippen LogP contribution is 2.32. The van der Waals surface area contributed by atoms with Gasteiger partial charge in [-0.1, -0.05) is 25.1 Å². The van der Waals surface area contributed by atoms with Crippen LogP contribution in [0.1, 0.15) is 47.8 Å². The van der Waals surface area contributed by atoms with E-state index in [1.165, 1.54) is 0 Å². The van der Waals surface area contributed by atoms with Gasteiger partial charge in [-0.3, -0.25) is 4.79 Å². The Morgan fingerprint density at radius 3 is 2.92 bits per heavy atom. The first-order valence-electron chi connectivity index (χ1n) is 8.51. The molecule has 1 aliphatic rings. The van der Waals surface area contributed by atoms with Crippen molar-refractivity contribution in [2.75, 3.05) is 17.2 Å². The summed E-state index contributed by atoms with van der Waals surface area (Å²) in [6, 6.07) is 7.55. The van der Waals surface area contributed by atoms with Crippen LogP contribution in [0.15, 0.2) is 35.0 Å². The number of rotatable bonds is 2. The van der Waals surface area contributed by atoms with E-state index in [1.807, 2.05) is 38.1 Å². The topological polar surface area (TPSA) is 85.2 Å². The molecule has 0 aliphatic carbocycles. The van der Waals surface area contributed by atoms with Gasteiger partial charge in [-0.05, 0) is 42.5 Å². The standard InChI is InChI=1S/C19H20N4O2.ClH/c1-11(2)17-14-9-12(10-21-18(14)25-22-17)19(24)23-8-4-5-13-15(20)6-3-7-16(13)23;/h3,6-7,9-11H,4-5,8,20H2,1-2H3;1H. The normalized spacial score (nSPS) is 13.6. The summed E-state index contributed by atoms with van der Waals surface area (Å²) in [5, 5.41) is 4.87. The number of fused-ring (bicyclic) bond motifs is 2. The molecule has 1 aliphatic heterocycles. The van der Waals surface area contributed by atoms with E-state index in [0.717, 1.165) is 40.9 Å². The molecule has 136 valence electrons. The molecule has 0 unspecified atom stereocenters. The zero-order valence-electron chi connectivity index (χ0n) is 14.7. The highest BCUT2D eigenvalue weighted by molar-refractivity contribution is 6.08. The predicted octanol–water partition coefficient (Wildman–Crippen LogP) is 3.94. The summed E-state index contributed by atoms with van der Waals surface area (Å²) in [5.74, 6) is 0.126. The Bertz CT molecular complexity index is 967. The zero-order valence-corrected chi connectivity index (χ0v) is 15.5. The van der Waals surface area contributed by atoms with Crippen LogP contribution in [0.5, 0.6) is 0 Å². The van der Waals surface area contributed by atoms with E-state index >= 15 is 0 Å². The summed E-state index contributed by atoms with van der Waals surface area (Å²) >= 11 is 0. The van der Waals surface area contributed by atoms with E-state index in [-0.39, 0.29) is 24.2 Å². The summed E-state index contributed by atoms with van der Waals surface area (Å²) in [6.45, 7) is 4.75. The number of nitrogens with zero attached hydrogens (tertiary/aromatic N) is 3. The van der Waals surface area contributed by atoms with Crippen LogP contribution in [-0.2, 0) is 6.42 Å². The van der Waals surface area contributed by atoms with Gasteiger partial charge in [0.1, 0.15) is 0 Å². The van der Waals surface area contributed by atoms with Gasteiger partial charge in [0, 0.05) is 24.1 Å². The lowest BCUT2D eigenvalue weighted by Crippen LogP contribution is -2.35. The molecule has 2 N–H and O–H groups in total. The average Bonchev–Trinajstić information content (AvgIpc) is 3.04. The van der Waals surface area contributed by atoms with E-state index in [4.69, 9.17) is 10.3 Å². The van der Waals surface area contributed by atoms with E-state index in [2.05, 4.69) is 10.1 Å². The molecule has 0 saturated heterocycles. The molecule has 1 amide bonds. The van der Waals surface area contributed by atoms with Crippen molar-refractivity contribution in [3.05, 3.63) is 47.3 Å². The van der Waals surface area contributed by atoms with E-state index in [0.29, 0.717) is 17.8 Å². The summed E-state index contributed by atoms with van der Waals surface area (Å²) < 4.78 is 5.26. The molecular weight excluding hydrogens is 352 g/mol. The third-order valence-corrected chi connectivity index (χ3v) is 4.68. The van der Waals surface area contributed by atoms with Gasteiger partial charge in [0.2, 0.25) is 0 Å². The maximum absolute atomic E-state index is 13.1. The van der Waals surface area contributed by atoms with E-state index in [9.17, 15) is 4.79 Å². The molecule has 26 heavy (non-hydrogen) atoms. The van der Waals surface area contributed by atoms with Gasteiger partial charge in [0.25, 0.3) is 11.6 Å². The Balaban J connectivity index is 0.00000196. The summed E-state index contributed by atoms with van der Waals surface area (Å²) in [6.07, 6.45) is 3.35.